The number of carbonyl (C=O) groups excluding carboxylic acids is 2. The first kappa shape index (κ1) is 21.9. The molecule has 1 saturated heterocycles. The molecule has 2 amide bonds. The van der Waals surface area contributed by atoms with Crippen LogP contribution in [0.2, 0.25) is 0 Å². The van der Waals surface area contributed by atoms with E-state index < -0.39 is 5.60 Å². The molecule has 0 radical (unpaired) electrons. The molecule has 140 valence electrons. The molecule has 25 heavy (non-hydrogen) atoms. The molecule has 8 heteroatoms. The molecule has 1 heterocycles. The largest absolute Gasteiger partial charge is 0.368 e. The molecule has 0 aromatic heterocycles. The molecule has 2 rings (SSSR count). The van der Waals surface area contributed by atoms with Gasteiger partial charge in [-0.25, -0.2) is 0 Å². The van der Waals surface area contributed by atoms with Gasteiger partial charge in [0, 0.05) is 30.2 Å². The number of nitrogens with one attached hydrogen (secondary N) is 3. The zero-order chi connectivity index (χ0) is 17.6. The van der Waals surface area contributed by atoms with Gasteiger partial charge in [0.25, 0.3) is 5.91 Å². The first-order valence-electron chi connectivity index (χ1n) is 8.07. The monoisotopic (exact) mass is 433 g/mol. The smallest absolute Gasteiger partial charge is 0.252 e. The number of methoxy groups -OCH3 is 1. The summed E-state index contributed by atoms with van der Waals surface area (Å²) in [6.07, 6.45) is 1.49. The number of anilines is 1. The number of piperidine rings is 1. The third-order valence-electron chi connectivity index (χ3n) is 4.33. The third kappa shape index (κ3) is 5.95. The summed E-state index contributed by atoms with van der Waals surface area (Å²) in [6.45, 7) is 3.73. The van der Waals surface area contributed by atoms with Gasteiger partial charge in [0.15, 0.2) is 0 Å². The van der Waals surface area contributed by atoms with E-state index in [9.17, 15) is 9.59 Å². The number of rotatable bonds is 6. The number of amides is 2. The van der Waals surface area contributed by atoms with Gasteiger partial charge in [0.2, 0.25) is 5.91 Å². The Bertz CT molecular complexity index is 607. The fourth-order valence-electron chi connectivity index (χ4n) is 2.75. The van der Waals surface area contributed by atoms with Crippen LogP contribution in [0.15, 0.2) is 22.7 Å². The SMILES string of the molecule is COC1(C(=O)NCCC(=O)Nc2cc(Br)ccc2C)CCNCC1.Cl. The highest BCUT2D eigenvalue weighted by Crippen LogP contribution is 2.23. The maximum atomic E-state index is 12.4. The molecule has 0 aliphatic carbocycles. The standard InChI is InChI=1S/C17H24BrN3O3.ClH/c1-12-3-4-13(18)11-14(12)21-15(22)5-8-20-16(23)17(24-2)6-9-19-10-7-17;/h3-4,11,19H,5-10H2,1-2H3,(H,20,23)(H,21,22);1H. The van der Waals surface area contributed by atoms with Crippen LogP contribution in [0, 0.1) is 6.92 Å². The van der Waals surface area contributed by atoms with Crippen LogP contribution in [0.3, 0.4) is 0 Å². The second-order valence-corrected chi connectivity index (χ2v) is 6.88. The molecule has 6 nitrogen and oxygen atoms in total. The van der Waals surface area contributed by atoms with Crippen molar-refractivity contribution in [3.63, 3.8) is 0 Å². The van der Waals surface area contributed by atoms with E-state index in [2.05, 4.69) is 31.9 Å². The minimum Gasteiger partial charge on any atom is -0.368 e. The Labute approximate surface area is 163 Å². The van der Waals surface area contributed by atoms with E-state index >= 15 is 0 Å². The lowest BCUT2D eigenvalue weighted by atomic mass is 9.91. The molecule has 0 spiro atoms. The van der Waals surface area contributed by atoms with E-state index in [1.807, 2.05) is 25.1 Å². The van der Waals surface area contributed by atoms with Crippen LogP contribution >= 0.6 is 28.3 Å². The van der Waals surface area contributed by atoms with Crippen molar-refractivity contribution in [3.05, 3.63) is 28.2 Å². The molecule has 0 unspecified atom stereocenters. The summed E-state index contributed by atoms with van der Waals surface area (Å²) in [4.78, 5) is 24.5. The minimum atomic E-state index is -0.775. The van der Waals surface area contributed by atoms with Crippen molar-refractivity contribution >= 4 is 45.8 Å². The minimum absolute atomic E-state index is 0. The molecule has 1 aromatic carbocycles. The average Bonchev–Trinajstić information content (AvgIpc) is 2.58. The Balaban J connectivity index is 0.00000312. The number of ether oxygens (including phenoxy) is 1. The maximum absolute atomic E-state index is 12.4. The fourth-order valence-corrected chi connectivity index (χ4v) is 3.11. The Morgan fingerprint density at radius 1 is 1.32 bits per heavy atom. The molecule has 1 fully saturated rings. The molecular formula is C17H25BrClN3O3. The molecule has 3 N–H and O–H groups in total. The van der Waals surface area contributed by atoms with Crippen LogP contribution < -0.4 is 16.0 Å². The van der Waals surface area contributed by atoms with Crippen LogP contribution in [0.1, 0.15) is 24.8 Å². The zero-order valence-corrected chi connectivity index (χ0v) is 16.9. The molecule has 1 aliphatic rings. The van der Waals surface area contributed by atoms with Crippen molar-refractivity contribution in [1.82, 2.24) is 10.6 Å². The van der Waals surface area contributed by atoms with Crippen LogP contribution in [0.25, 0.3) is 0 Å². The van der Waals surface area contributed by atoms with Crippen LogP contribution in [-0.4, -0.2) is 44.2 Å². The predicted octanol–water partition coefficient (Wildman–Crippen LogP) is 2.39. The molecule has 0 bridgehead atoms. The van der Waals surface area contributed by atoms with Gasteiger partial charge in [-0.15, -0.1) is 12.4 Å². The van der Waals surface area contributed by atoms with E-state index in [0.29, 0.717) is 12.8 Å². The van der Waals surface area contributed by atoms with Gasteiger partial charge >= 0.3 is 0 Å². The first-order valence-corrected chi connectivity index (χ1v) is 8.86. The van der Waals surface area contributed by atoms with Crippen molar-refractivity contribution in [2.75, 3.05) is 32.1 Å². The van der Waals surface area contributed by atoms with Gasteiger partial charge in [-0.05, 0) is 50.6 Å². The van der Waals surface area contributed by atoms with E-state index in [1.54, 1.807) is 7.11 Å². The predicted molar refractivity (Wildman–Crippen MR) is 104 cm³/mol. The zero-order valence-electron chi connectivity index (χ0n) is 14.5. The summed E-state index contributed by atoms with van der Waals surface area (Å²) in [5.41, 5.74) is 0.985. The topological polar surface area (TPSA) is 79.5 Å². The van der Waals surface area contributed by atoms with Crippen LogP contribution in [-0.2, 0) is 14.3 Å². The van der Waals surface area contributed by atoms with Crippen molar-refractivity contribution in [2.45, 2.75) is 31.8 Å². The number of aryl methyl sites for hydroxylation is 1. The highest BCUT2D eigenvalue weighted by Gasteiger charge is 2.39. The third-order valence-corrected chi connectivity index (χ3v) is 4.82. The van der Waals surface area contributed by atoms with Gasteiger partial charge in [-0.3, -0.25) is 9.59 Å². The summed E-state index contributed by atoms with van der Waals surface area (Å²) in [6, 6.07) is 5.72. The normalized spacial score (nSPS) is 15.8. The number of hydrogen-bond donors (Lipinski definition) is 3. The van der Waals surface area contributed by atoms with E-state index in [-0.39, 0.29) is 37.2 Å². The van der Waals surface area contributed by atoms with Gasteiger partial charge in [-0.1, -0.05) is 22.0 Å². The Kier molecular flexibility index (Phi) is 8.85. The Morgan fingerprint density at radius 3 is 2.64 bits per heavy atom. The molecule has 1 aromatic rings. The number of benzene rings is 1. The number of hydrogen-bond acceptors (Lipinski definition) is 4. The summed E-state index contributed by atoms with van der Waals surface area (Å²) in [5.74, 6) is -0.272. The van der Waals surface area contributed by atoms with Gasteiger partial charge in [0.1, 0.15) is 5.60 Å². The summed E-state index contributed by atoms with van der Waals surface area (Å²) >= 11 is 3.39. The van der Waals surface area contributed by atoms with Gasteiger partial charge in [0.05, 0.1) is 0 Å². The van der Waals surface area contributed by atoms with E-state index in [4.69, 9.17) is 4.74 Å². The molecular weight excluding hydrogens is 410 g/mol. The van der Waals surface area contributed by atoms with Gasteiger partial charge in [-0.2, -0.15) is 0 Å². The summed E-state index contributed by atoms with van der Waals surface area (Å²) < 4.78 is 6.37. The molecule has 0 atom stereocenters. The Hall–Kier alpha value is -1.15. The highest BCUT2D eigenvalue weighted by molar-refractivity contribution is 9.10. The lowest BCUT2D eigenvalue weighted by molar-refractivity contribution is -0.146. The number of carbonyl (C=O) groups is 2. The quantitative estimate of drug-likeness (QED) is 0.642. The van der Waals surface area contributed by atoms with Crippen molar-refractivity contribution in [1.29, 1.82) is 0 Å². The fraction of sp³-hybridized carbons (Fsp3) is 0.529. The lowest BCUT2D eigenvalue weighted by Gasteiger charge is -2.34. The highest BCUT2D eigenvalue weighted by atomic mass is 79.9. The summed E-state index contributed by atoms with van der Waals surface area (Å²) in [5, 5.41) is 8.90. The lowest BCUT2D eigenvalue weighted by Crippen LogP contribution is -2.54. The van der Waals surface area contributed by atoms with Crippen LogP contribution in [0.5, 0.6) is 0 Å². The summed E-state index contributed by atoms with van der Waals surface area (Å²) in [7, 11) is 1.56. The second kappa shape index (κ2) is 10.1. The molecule has 1 aliphatic heterocycles. The first-order chi connectivity index (χ1) is 11.5. The number of halogens is 2. The van der Waals surface area contributed by atoms with Gasteiger partial charge < -0.3 is 20.7 Å². The second-order valence-electron chi connectivity index (χ2n) is 5.96. The maximum Gasteiger partial charge on any atom is 0.252 e. The van der Waals surface area contributed by atoms with Crippen molar-refractivity contribution in [2.24, 2.45) is 0 Å². The van der Waals surface area contributed by atoms with E-state index in [1.165, 1.54) is 0 Å². The molecule has 0 saturated carbocycles. The van der Waals surface area contributed by atoms with E-state index in [0.717, 1.165) is 28.8 Å². The van der Waals surface area contributed by atoms with Crippen molar-refractivity contribution in [3.8, 4) is 0 Å². The average molecular weight is 435 g/mol. The Morgan fingerprint density at radius 2 is 2.00 bits per heavy atom. The van der Waals surface area contributed by atoms with Crippen molar-refractivity contribution < 1.29 is 14.3 Å². The van der Waals surface area contributed by atoms with Crippen LogP contribution in [0.4, 0.5) is 5.69 Å².